The van der Waals surface area contributed by atoms with Gasteiger partial charge in [-0.3, -0.25) is 0 Å². The average molecular weight is 205 g/mol. The normalized spacial score (nSPS) is 12.3. The zero-order valence-electron chi connectivity index (χ0n) is 7.23. The molecule has 0 radical (unpaired) electrons. The minimum atomic E-state index is -3.21. The van der Waals surface area contributed by atoms with E-state index in [4.69, 9.17) is 0 Å². The van der Waals surface area contributed by atoms with E-state index in [0.717, 1.165) is 5.56 Å². The molecule has 0 amide bonds. The van der Waals surface area contributed by atoms with Crippen molar-refractivity contribution in [2.24, 2.45) is 0 Å². The van der Waals surface area contributed by atoms with Crippen molar-refractivity contribution in [3.8, 4) is 0 Å². The van der Waals surface area contributed by atoms with E-state index in [1.165, 1.54) is 29.7 Å². The second-order valence-electron chi connectivity index (χ2n) is 2.68. The molecule has 0 aliphatic rings. The lowest BCUT2D eigenvalue weighted by atomic mass is 10.4. The first-order chi connectivity index (χ1) is 5.46. The topological polar surface area (TPSA) is 37.4 Å². The molecule has 68 valence electrons. The van der Waals surface area contributed by atoms with Crippen LogP contribution in [0.15, 0.2) is 15.7 Å². The number of nitrogens with zero attached hydrogens (tertiary/aromatic N) is 1. The minimum Gasteiger partial charge on any atom is -0.206 e. The Bertz CT molecular complexity index is 365. The summed E-state index contributed by atoms with van der Waals surface area (Å²) in [6.45, 7) is 1.80. The Kier molecular flexibility index (Phi) is 2.55. The summed E-state index contributed by atoms with van der Waals surface area (Å²) in [6, 6.07) is 1.81. The molecule has 0 aromatic carbocycles. The molecule has 0 bridgehead atoms. The van der Waals surface area contributed by atoms with Crippen LogP contribution in [0.25, 0.3) is 0 Å². The average Bonchev–Trinajstić information content (AvgIpc) is 2.35. The van der Waals surface area contributed by atoms with Crippen molar-refractivity contribution in [2.45, 2.75) is 11.1 Å². The number of hydrogen-bond donors (Lipinski definition) is 0. The number of hydrogen-bond acceptors (Lipinski definition) is 3. The molecule has 0 aliphatic carbocycles. The van der Waals surface area contributed by atoms with E-state index in [0.29, 0.717) is 4.21 Å². The van der Waals surface area contributed by atoms with Gasteiger partial charge in [-0.2, -0.15) is 0 Å². The van der Waals surface area contributed by atoms with E-state index >= 15 is 0 Å². The van der Waals surface area contributed by atoms with Crippen molar-refractivity contribution in [1.82, 2.24) is 4.31 Å². The largest absolute Gasteiger partial charge is 0.252 e. The molecule has 0 spiro atoms. The molecule has 3 nitrogen and oxygen atoms in total. The van der Waals surface area contributed by atoms with Gasteiger partial charge in [0.15, 0.2) is 0 Å². The van der Waals surface area contributed by atoms with E-state index in [1.54, 1.807) is 18.4 Å². The molecule has 1 heterocycles. The highest BCUT2D eigenvalue weighted by atomic mass is 32.2. The molecule has 0 fully saturated rings. The molecule has 0 atom stereocenters. The summed E-state index contributed by atoms with van der Waals surface area (Å²) >= 11 is 1.26. The predicted molar refractivity (Wildman–Crippen MR) is 49.9 cm³/mol. The lowest BCUT2D eigenvalue weighted by Crippen LogP contribution is -2.21. The van der Waals surface area contributed by atoms with Crippen LogP contribution >= 0.6 is 11.3 Å². The van der Waals surface area contributed by atoms with Crippen LogP contribution in [0, 0.1) is 6.92 Å². The summed E-state index contributed by atoms with van der Waals surface area (Å²) in [4.78, 5) is 0. The fourth-order valence-electron chi connectivity index (χ4n) is 0.789. The molecule has 5 heteroatoms. The second kappa shape index (κ2) is 3.16. The van der Waals surface area contributed by atoms with Crippen molar-refractivity contribution >= 4 is 21.4 Å². The molecular weight excluding hydrogens is 194 g/mol. The summed E-state index contributed by atoms with van der Waals surface area (Å²) in [5, 5.41) is 1.78. The third kappa shape index (κ3) is 1.53. The van der Waals surface area contributed by atoms with E-state index in [-0.39, 0.29) is 0 Å². The molecule has 0 saturated heterocycles. The van der Waals surface area contributed by atoms with Gasteiger partial charge < -0.3 is 0 Å². The van der Waals surface area contributed by atoms with Crippen LogP contribution in [-0.4, -0.2) is 26.8 Å². The van der Waals surface area contributed by atoms with Gasteiger partial charge in [0.1, 0.15) is 4.21 Å². The van der Waals surface area contributed by atoms with Crippen LogP contribution in [-0.2, 0) is 10.0 Å². The van der Waals surface area contributed by atoms with Crippen molar-refractivity contribution in [3.63, 3.8) is 0 Å². The van der Waals surface area contributed by atoms with Gasteiger partial charge in [-0.05, 0) is 23.9 Å². The number of thiophene rings is 1. The zero-order valence-corrected chi connectivity index (χ0v) is 8.87. The van der Waals surface area contributed by atoms with Crippen LogP contribution < -0.4 is 0 Å². The summed E-state index contributed by atoms with van der Waals surface area (Å²) in [6.07, 6.45) is 0. The summed E-state index contributed by atoms with van der Waals surface area (Å²) in [5.74, 6) is 0. The SMILES string of the molecule is Cc1ccsc1S(=O)(=O)N(C)C. The van der Waals surface area contributed by atoms with Gasteiger partial charge >= 0.3 is 0 Å². The van der Waals surface area contributed by atoms with Crippen LogP contribution in [0.1, 0.15) is 5.56 Å². The number of rotatable bonds is 2. The summed E-state index contributed by atoms with van der Waals surface area (Å²) < 4.78 is 24.8. The van der Waals surface area contributed by atoms with Crippen molar-refractivity contribution in [3.05, 3.63) is 17.0 Å². The van der Waals surface area contributed by atoms with Gasteiger partial charge in [-0.1, -0.05) is 0 Å². The Balaban J connectivity index is 3.24. The van der Waals surface area contributed by atoms with E-state index in [9.17, 15) is 8.42 Å². The van der Waals surface area contributed by atoms with Crippen molar-refractivity contribution in [2.75, 3.05) is 14.1 Å². The first-order valence-electron chi connectivity index (χ1n) is 3.43. The summed E-state index contributed by atoms with van der Waals surface area (Å²) in [7, 11) is -0.140. The van der Waals surface area contributed by atoms with E-state index in [1.807, 2.05) is 0 Å². The maximum absolute atomic E-state index is 11.6. The Morgan fingerprint density at radius 1 is 1.42 bits per heavy atom. The predicted octanol–water partition coefficient (Wildman–Crippen LogP) is 1.31. The minimum absolute atomic E-state index is 0.438. The van der Waals surface area contributed by atoms with Gasteiger partial charge in [0, 0.05) is 14.1 Å². The Labute approximate surface area is 76.7 Å². The lowest BCUT2D eigenvalue weighted by Gasteiger charge is -2.09. The van der Waals surface area contributed by atoms with Gasteiger partial charge in [0.25, 0.3) is 10.0 Å². The Morgan fingerprint density at radius 2 is 2.00 bits per heavy atom. The fraction of sp³-hybridized carbons (Fsp3) is 0.429. The first-order valence-corrected chi connectivity index (χ1v) is 5.75. The highest BCUT2D eigenvalue weighted by Gasteiger charge is 2.20. The lowest BCUT2D eigenvalue weighted by molar-refractivity contribution is 0.522. The molecule has 0 unspecified atom stereocenters. The smallest absolute Gasteiger partial charge is 0.206 e. The molecule has 1 rings (SSSR count). The fourth-order valence-corrected chi connectivity index (χ4v) is 3.35. The zero-order chi connectivity index (χ0) is 9.35. The third-order valence-electron chi connectivity index (χ3n) is 1.53. The Morgan fingerprint density at radius 3 is 2.33 bits per heavy atom. The van der Waals surface area contributed by atoms with E-state index < -0.39 is 10.0 Å². The van der Waals surface area contributed by atoms with Crippen LogP contribution in [0.2, 0.25) is 0 Å². The highest BCUT2D eigenvalue weighted by Crippen LogP contribution is 2.23. The molecular formula is C7H11NO2S2. The van der Waals surface area contributed by atoms with Crippen LogP contribution in [0.3, 0.4) is 0 Å². The van der Waals surface area contributed by atoms with Crippen molar-refractivity contribution < 1.29 is 8.42 Å². The summed E-state index contributed by atoms with van der Waals surface area (Å²) in [5.41, 5.74) is 0.814. The highest BCUT2D eigenvalue weighted by molar-refractivity contribution is 7.91. The van der Waals surface area contributed by atoms with Crippen LogP contribution in [0.5, 0.6) is 0 Å². The first kappa shape index (κ1) is 9.70. The molecule has 1 aromatic rings. The number of sulfonamides is 1. The molecule has 12 heavy (non-hydrogen) atoms. The van der Waals surface area contributed by atoms with E-state index in [2.05, 4.69) is 0 Å². The monoisotopic (exact) mass is 205 g/mol. The van der Waals surface area contributed by atoms with Gasteiger partial charge in [0.05, 0.1) is 0 Å². The molecule has 1 aromatic heterocycles. The Hall–Kier alpha value is -0.390. The standard InChI is InChI=1S/C7H11NO2S2/c1-6-4-5-11-7(6)12(9,10)8(2)3/h4-5H,1-3H3. The molecule has 0 aliphatic heterocycles. The van der Waals surface area contributed by atoms with Gasteiger partial charge in [-0.25, -0.2) is 12.7 Å². The number of aryl methyl sites for hydroxylation is 1. The third-order valence-corrected chi connectivity index (χ3v) is 5.01. The van der Waals surface area contributed by atoms with Crippen LogP contribution in [0.4, 0.5) is 0 Å². The van der Waals surface area contributed by atoms with Gasteiger partial charge in [-0.15, -0.1) is 11.3 Å². The maximum atomic E-state index is 11.6. The molecule has 0 N–H and O–H groups in total. The van der Waals surface area contributed by atoms with Crippen molar-refractivity contribution in [1.29, 1.82) is 0 Å². The quantitative estimate of drug-likeness (QED) is 0.730. The maximum Gasteiger partial charge on any atom is 0.252 e. The van der Waals surface area contributed by atoms with Gasteiger partial charge in [0.2, 0.25) is 0 Å². The second-order valence-corrected chi connectivity index (χ2v) is 5.94. The molecule has 0 saturated carbocycles.